The monoisotopic (exact) mass is 452 g/mol. The quantitative estimate of drug-likeness (QED) is 0.477. The van der Waals surface area contributed by atoms with E-state index >= 15 is 0 Å². The summed E-state index contributed by atoms with van der Waals surface area (Å²) >= 11 is 0. The third-order valence-electron chi connectivity index (χ3n) is 1.81. The molecular formula is C9H13AgAlMgNO4PZn. The van der Waals surface area contributed by atoms with Crippen LogP contribution in [0, 0.1) is 0 Å². The Balaban J connectivity index is -0.000000640. The Morgan fingerprint density at radius 2 is 1.74 bits per heavy atom. The van der Waals surface area contributed by atoms with E-state index in [0.29, 0.717) is 5.52 Å². The molecule has 0 fully saturated rings. The van der Waals surface area contributed by atoms with Crippen LogP contribution in [0.15, 0.2) is 36.5 Å². The number of rotatable bonds is 2. The summed E-state index contributed by atoms with van der Waals surface area (Å²) in [5, 5.41) is 0.767. The van der Waals surface area contributed by atoms with Crippen molar-refractivity contribution < 1.29 is 60.7 Å². The molecule has 2 aromatic rings. The predicted molar refractivity (Wildman–Crippen MR) is 72.9 cm³/mol. The van der Waals surface area contributed by atoms with Crippen molar-refractivity contribution in [1.82, 2.24) is 4.98 Å². The zero-order chi connectivity index (χ0) is 10.9. The summed E-state index contributed by atoms with van der Waals surface area (Å²) in [5.41, 5.74) is 0.434. The van der Waals surface area contributed by atoms with Gasteiger partial charge in [-0.2, -0.15) is 0 Å². The molecule has 0 aliphatic carbocycles. The molecule has 1 heterocycles. The SMILES string of the molecule is O=P(O)(O)Oc1cccc2cccnc12.[Ag].[AlH3].[MgH2].[Zn]. The molecule has 0 saturated carbocycles. The van der Waals surface area contributed by atoms with E-state index in [1.165, 1.54) is 12.3 Å². The molecule has 0 saturated heterocycles. The average molecular weight is 455 g/mol. The molecule has 0 atom stereocenters. The molecule has 101 valence electrons. The average Bonchev–Trinajstić information content (AvgIpc) is 2.16. The van der Waals surface area contributed by atoms with Crippen molar-refractivity contribution in [3.05, 3.63) is 36.5 Å². The molecule has 19 heavy (non-hydrogen) atoms. The van der Waals surface area contributed by atoms with Crippen molar-refractivity contribution in [1.29, 1.82) is 0 Å². The molecule has 0 spiro atoms. The topological polar surface area (TPSA) is 79.7 Å². The van der Waals surface area contributed by atoms with Gasteiger partial charge in [0.25, 0.3) is 0 Å². The second-order valence-electron chi connectivity index (χ2n) is 2.91. The van der Waals surface area contributed by atoms with Gasteiger partial charge >= 0.3 is 30.9 Å². The van der Waals surface area contributed by atoms with Gasteiger partial charge in [0.1, 0.15) is 5.52 Å². The van der Waals surface area contributed by atoms with Gasteiger partial charge in [0.15, 0.2) is 23.1 Å². The van der Waals surface area contributed by atoms with Crippen LogP contribution >= 0.6 is 7.82 Å². The maximum atomic E-state index is 10.7. The predicted octanol–water partition coefficient (Wildman–Crippen LogP) is -0.399. The molecule has 10 heteroatoms. The number of phosphoric acid groups is 1. The van der Waals surface area contributed by atoms with E-state index in [1.807, 2.05) is 0 Å². The van der Waals surface area contributed by atoms with E-state index in [1.54, 1.807) is 24.3 Å². The smallest absolute Gasteiger partial charge is 0.402 e. The molecule has 0 amide bonds. The van der Waals surface area contributed by atoms with Crippen LogP contribution in [-0.4, -0.2) is 55.2 Å². The number of hydrogen-bond acceptors (Lipinski definition) is 3. The van der Waals surface area contributed by atoms with E-state index < -0.39 is 7.82 Å². The van der Waals surface area contributed by atoms with E-state index in [-0.39, 0.29) is 88.0 Å². The minimum Gasteiger partial charge on any atom is -0.402 e. The van der Waals surface area contributed by atoms with Crippen molar-refractivity contribution in [3.8, 4) is 5.75 Å². The normalized spacial score (nSPS) is 9.16. The molecule has 0 aliphatic heterocycles. The summed E-state index contributed by atoms with van der Waals surface area (Å²) in [6.45, 7) is 0. The standard InChI is InChI=1S/C9H8NO4P.Ag.Al.Mg.Zn.5H/c11-15(12,13)14-8-5-1-3-7-4-2-6-10-9(7)8;;;;;;;;;/h1-6H,(H2,11,12,13);;;;;;;;;. The van der Waals surface area contributed by atoms with Gasteiger partial charge in [-0.1, -0.05) is 18.2 Å². The molecule has 1 aromatic heterocycles. The maximum absolute atomic E-state index is 10.7. The first kappa shape index (κ1) is 25.2. The Labute approximate surface area is 165 Å². The van der Waals surface area contributed by atoms with Crippen LogP contribution in [0.4, 0.5) is 0 Å². The first-order valence-electron chi connectivity index (χ1n) is 4.15. The van der Waals surface area contributed by atoms with Crippen LogP contribution in [0.5, 0.6) is 5.75 Å². The van der Waals surface area contributed by atoms with Crippen molar-refractivity contribution in [2.45, 2.75) is 0 Å². The molecule has 0 unspecified atom stereocenters. The fraction of sp³-hybridized carbons (Fsp3) is 0. The fourth-order valence-corrected chi connectivity index (χ4v) is 1.68. The van der Waals surface area contributed by atoms with Crippen LogP contribution in [-0.2, 0) is 46.4 Å². The number of hydrogen-bond donors (Lipinski definition) is 2. The minimum absolute atomic E-state index is 0. The van der Waals surface area contributed by atoms with Crippen molar-refractivity contribution in [3.63, 3.8) is 0 Å². The van der Waals surface area contributed by atoms with Gasteiger partial charge in [-0.05, 0) is 12.1 Å². The van der Waals surface area contributed by atoms with Crippen LogP contribution in [0.25, 0.3) is 10.9 Å². The summed E-state index contributed by atoms with van der Waals surface area (Å²) < 4.78 is 15.2. The first-order chi connectivity index (χ1) is 7.06. The molecule has 5 nitrogen and oxygen atoms in total. The number of aromatic nitrogens is 1. The van der Waals surface area contributed by atoms with E-state index in [4.69, 9.17) is 9.79 Å². The Morgan fingerprint density at radius 3 is 2.32 bits per heavy atom. The van der Waals surface area contributed by atoms with Gasteiger partial charge in [-0.15, -0.1) is 0 Å². The van der Waals surface area contributed by atoms with Crippen LogP contribution in [0.1, 0.15) is 0 Å². The van der Waals surface area contributed by atoms with Gasteiger partial charge in [-0.3, -0.25) is 14.8 Å². The number of para-hydroxylation sites is 1. The summed E-state index contributed by atoms with van der Waals surface area (Å²) in [6.07, 6.45) is 1.54. The van der Waals surface area contributed by atoms with Crippen molar-refractivity contribution in [2.75, 3.05) is 0 Å². The molecule has 0 aliphatic rings. The van der Waals surface area contributed by atoms with E-state index in [2.05, 4.69) is 9.51 Å². The van der Waals surface area contributed by atoms with Gasteiger partial charge in [0, 0.05) is 53.4 Å². The summed E-state index contributed by atoms with van der Waals surface area (Å²) in [7, 11) is -4.53. The third-order valence-corrected chi connectivity index (χ3v) is 2.25. The number of fused-ring (bicyclic) bond motifs is 1. The van der Waals surface area contributed by atoms with Gasteiger partial charge in [-0.25, -0.2) is 4.57 Å². The second kappa shape index (κ2) is 10.9. The van der Waals surface area contributed by atoms with Crippen molar-refractivity contribution in [2.24, 2.45) is 0 Å². The van der Waals surface area contributed by atoms with Crippen LogP contribution in [0.3, 0.4) is 0 Å². The summed E-state index contributed by atoms with van der Waals surface area (Å²) in [6, 6.07) is 8.43. The molecule has 1 aromatic carbocycles. The summed E-state index contributed by atoms with van der Waals surface area (Å²) in [5.74, 6) is 0.0847. The molecule has 2 rings (SSSR count). The first-order valence-corrected chi connectivity index (χ1v) is 5.68. The fourth-order valence-electron chi connectivity index (χ4n) is 1.28. The molecule has 0 bridgehead atoms. The molecule has 1 radical (unpaired) electrons. The van der Waals surface area contributed by atoms with Gasteiger partial charge in [0.2, 0.25) is 0 Å². The van der Waals surface area contributed by atoms with Gasteiger partial charge < -0.3 is 4.52 Å². The zero-order valence-corrected chi connectivity index (χ0v) is 13.9. The Morgan fingerprint density at radius 1 is 1.16 bits per heavy atom. The van der Waals surface area contributed by atoms with Crippen LogP contribution < -0.4 is 4.52 Å². The third kappa shape index (κ3) is 7.71. The Hall–Kier alpha value is 1.24. The van der Waals surface area contributed by atoms with Crippen molar-refractivity contribution >= 4 is 59.1 Å². The summed E-state index contributed by atoms with van der Waals surface area (Å²) in [4.78, 5) is 21.4. The zero-order valence-electron chi connectivity index (χ0n) is 8.58. The van der Waals surface area contributed by atoms with E-state index in [0.717, 1.165) is 5.39 Å². The maximum Gasteiger partial charge on any atom is 0.524 e. The largest absolute Gasteiger partial charge is 0.524 e. The number of benzene rings is 1. The minimum atomic E-state index is -4.53. The number of pyridine rings is 1. The Kier molecular flexibility index (Phi) is 14.5. The number of phosphoric ester groups is 1. The van der Waals surface area contributed by atoms with E-state index in [9.17, 15) is 4.57 Å². The van der Waals surface area contributed by atoms with Crippen LogP contribution in [0.2, 0.25) is 0 Å². The Bertz CT molecular complexity index is 553. The van der Waals surface area contributed by atoms with Gasteiger partial charge in [0.05, 0.1) is 0 Å². The molecule has 2 N–H and O–H groups in total. The number of nitrogens with zero attached hydrogens (tertiary/aromatic N) is 1. The second-order valence-corrected chi connectivity index (χ2v) is 4.08. The molecular weight excluding hydrogens is 442 g/mol.